The van der Waals surface area contributed by atoms with Crippen molar-refractivity contribution in [2.75, 3.05) is 32.3 Å². The lowest BCUT2D eigenvalue weighted by Gasteiger charge is -2.35. The molecule has 7 nitrogen and oxygen atoms in total. The van der Waals surface area contributed by atoms with Gasteiger partial charge in [-0.1, -0.05) is 12.1 Å². The average Bonchev–Trinajstić information content (AvgIpc) is 3.02. The van der Waals surface area contributed by atoms with Crippen LogP contribution in [0.5, 0.6) is 0 Å². The van der Waals surface area contributed by atoms with Crippen molar-refractivity contribution in [2.24, 2.45) is 0 Å². The molecule has 1 aliphatic rings. The number of anilines is 1. The van der Waals surface area contributed by atoms with Gasteiger partial charge in [-0.15, -0.1) is 0 Å². The molecule has 0 atom stereocenters. The van der Waals surface area contributed by atoms with E-state index in [4.69, 9.17) is 4.74 Å². The number of carbonyl (C=O) groups excluding carboxylic acids is 1. The maximum atomic E-state index is 13.3. The summed E-state index contributed by atoms with van der Waals surface area (Å²) in [5, 5.41) is 7.79. The van der Waals surface area contributed by atoms with Crippen molar-refractivity contribution >= 4 is 38.7 Å². The Kier molecular flexibility index (Phi) is 3.79. The highest BCUT2D eigenvalue weighted by molar-refractivity contribution is 6.21. The van der Waals surface area contributed by atoms with E-state index in [1.54, 1.807) is 13.8 Å². The number of pyridine rings is 1. The number of carbonyl (C=O) groups is 1. The first-order valence-electron chi connectivity index (χ1n) is 9.72. The van der Waals surface area contributed by atoms with Gasteiger partial charge in [0.15, 0.2) is 0 Å². The second-order valence-corrected chi connectivity index (χ2v) is 7.76. The largest absolute Gasteiger partial charge is 0.462 e. The summed E-state index contributed by atoms with van der Waals surface area (Å²) in [5.74, 6) is -0.446. The summed E-state index contributed by atoms with van der Waals surface area (Å²) in [6.07, 6.45) is 0. The summed E-state index contributed by atoms with van der Waals surface area (Å²) < 4.78 is 6.64. The van der Waals surface area contributed by atoms with Crippen LogP contribution >= 0.6 is 0 Å². The summed E-state index contributed by atoms with van der Waals surface area (Å²) in [5.41, 5.74) is 3.49. The zero-order chi connectivity index (χ0) is 20.4. The molecule has 5 rings (SSSR count). The van der Waals surface area contributed by atoms with E-state index in [0.29, 0.717) is 22.2 Å². The second kappa shape index (κ2) is 6.15. The van der Waals surface area contributed by atoms with Crippen molar-refractivity contribution in [3.63, 3.8) is 0 Å². The first kappa shape index (κ1) is 17.9. The van der Waals surface area contributed by atoms with Crippen molar-refractivity contribution < 1.29 is 9.53 Å². The van der Waals surface area contributed by atoms with Crippen molar-refractivity contribution in [3.8, 4) is 0 Å². The number of benzene rings is 2. The van der Waals surface area contributed by atoms with Gasteiger partial charge in [-0.2, -0.15) is 9.61 Å². The van der Waals surface area contributed by atoms with Crippen molar-refractivity contribution in [1.29, 1.82) is 0 Å². The molecule has 2 aromatic heterocycles. The highest BCUT2D eigenvalue weighted by Crippen LogP contribution is 2.40. The van der Waals surface area contributed by atoms with E-state index in [1.165, 1.54) is 4.52 Å². The predicted molar refractivity (Wildman–Crippen MR) is 113 cm³/mol. The molecule has 4 aromatic rings. The first-order chi connectivity index (χ1) is 13.9. The fourth-order valence-corrected chi connectivity index (χ4v) is 4.72. The summed E-state index contributed by atoms with van der Waals surface area (Å²) in [6.45, 7) is 5.38. The Balaban J connectivity index is 2.02. The number of hydrogen-bond acceptors (Lipinski definition) is 6. The van der Waals surface area contributed by atoms with Crippen LogP contribution in [-0.4, -0.2) is 47.9 Å². The Labute approximate surface area is 167 Å². The van der Waals surface area contributed by atoms with E-state index >= 15 is 0 Å². The lowest BCUT2D eigenvalue weighted by molar-refractivity contribution is 0.0528. The molecule has 0 unspecified atom stereocenters. The van der Waals surface area contributed by atoms with E-state index in [0.717, 1.165) is 40.6 Å². The number of hydrogen-bond donors (Lipinski definition) is 0. The summed E-state index contributed by atoms with van der Waals surface area (Å²) in [7, 11) is 4.14. The summed E-state index contributed by atoms with van der Waals surface area (Å²) >= 11 is 0. The molecule has 0 aliphatic carbocycles. The molecule has 0 bridgehead atoms. The van der Waals surface area contributed by atoms with Gasteiger partial charge in [-0.3, -0.25) is 9.69 Å². The highest BCUT2D eigenvalue weighted by Gasteiger charge is 2.27. The van der Waals surface area contributed by atoms with Gasteiger partial charge in [0.1, 0.15) is 5.56 Å². The van der Waals surface area contributed by atoms with Gasteiger partial charge in [0, 0.05) is 35.4 Å². The smallest absolute Gasteiger partial charge is 0.342 e. The molecule has 29 heavy (non-hydrogen) atoms. The number of aromatic nitrogens is 2. The quantitative estimate of drug-likeness (QED) is 0.491. The number of esters is 1. The lowest BCUT2D eigenvalue weighted by Crippen LogP contribution is -2.37. The molecule has 0 radical (unpaired) electrons. The minimum absolute atomic E-state index is 0.215. The van der Waals surface area contributed by atoms with E-state index in [1.807, 2.05) is 12.1 Å². The first-order valence-corrected chi connectivity index (χ1v) is 9.72. The maximum Gasteiger partial charge on any atom is 0.342 e. The molecule has 0 spiro atoms. The van der Waals surface area contributed by atoms with Gasteiger partial charge in [0.25, 0.3) is 5.56 Å². The van der Waals surface area contributed by atoms with Crippen molar-refractivity contribution in [1.82, 2.24) is 14.5 Å². The van der Waals surface area contributed by atoms with Crippen LogP contribution in [0.25, 0.3) is 27.1 Å². The average molecular weight is 390 g/mol. The van der Waals surface area contributed by atoms with Crippen LogP contribution in [0.1, 0.15) is 28.5 Å². The number of rotatable bonds is 2. The SMILES string of the molecule is CCOC(=O)c1c(C)nn2c(=O)c3cccc4c5c(cc(c43)c12)CN(C)CN5C. The van der Waals surface area contributed by atoms with Gasteiger partial charge in [0.05, 0.1) is 29.9 Å². The molecule has 0 amide bonds. The Morgan fingerprint density at radius 3 is 2.72 bits per heavy atom. The third-order valence-electron chi connectivity index (χ3n) is 5.71. The maximum absolute atomic E-state index is 13.3. The molecular weight excluding hydrogens is 368 g/mol. The number of fused-ring (bicyclic) bond motifs is 4. The summed E-state index contributed by atoms with van der Waals surface area (Å²) in [4.78, 5) is 30.4. The van der Waals surface area contributed by atoms with Gasteiger partial charge in [-0.05, 0) is 38.6 Å². The summed E-state index contributed by atoms with van der Waals surface area (Å²) in [6, 6.07) is 7.91. The third-order valence-corrected chi connectivity index (χ3v) is 5.71. The molecule has 0 saturated heterocycles. The molecule has 0 N–H and O–H groups in total. The predicted octanol–water partition coefficient (Wildman–Crippen LogP) is 2.76. The minimum atomic E-state index is -0.446. The van der Waals surface area contributed by atoms with Crippen LogP contribution in [0, 0.1) is 6.92 Å². The number of aryl methyl sites for hydroxylation is 1. The van der Waals surface area contributed by atoms with E-state index < -0.39 is 5.97 Å². The minimum Gasteiger partial charge on any atom is -0.462 e. The Morgan fingerprint density at radius 1 is 1.21 bits per heavy atom. The van der Waals surface area contributed by atoms with E-state index in [-0.39, 0.29) is 12.2 Å². The third kappa shape index (κ3) is 2.37. The Morgan fingerprint density at radius 2 is 1.97 bits per heavy atom. The van der Waals surface area contributed by atoms with Gasteiger partial charge < -0.3 is 9.64 Å². The fraction of sp³-hybridized carbons (Fsp3) is 0.318. The molecule has 148 valence electrons. The molecule has 0 saturated carbocycles. The monoisotopic (exact) mass is 390 g/mol. The molecule has 0 fully saturated rings. The van der Waals surface area contributed by atoms with E-state index in [2.05, 4.69) is 41.1 Å². The van der Waals surface area contributed by atoms with Gasteiger partial charge >= 0.3 is 5.97 Å². The lowest BCUT2D eigenvalue weighted by atomic mass is 9.94. The fourth-order valence-electron chi connectivity index (χ4n) is 4.72. The van der Waals surface area contributed by atoms with E-state index in [9.17, 15) is 9.59 Å². The van der Waals surface area contributed by atoms with Crippen LogP contribution in [0.15, 0.2) is 29.1 Å². The topological polar surface area (TPSA) is 67.1 Å². The van der Waals surface area contributed by atoms with Crippen molar-refractivity contribution in [3.05, 3.63) is 51.4 Å². The van der Waals surface area contributed by atoms with Crippen LogP contribution in [-0.2, 0) is 11.3 Å². The van der Waals surface area contributed by atoms with Gasteiger partial charge in [-0.25, -0.2) is 4.79 Å². The molecule has 3 heterocycles. The van der Waals surface area contributed by atoms with Crippen LogP contribution < -0.4 is 10.5 Å². The molecule has 2 aromatic carbocycles. The Bertz CT molecular complexity index is 1360. The molecule has 1 aliphatic heterocycles. The van der Waals surface area contributed by atoms with Crippen LogP contribution in [0.2, 0.25) is 0 Å². The van der Waals surface area contributed by atoms with Gasteiger partial charge in [0.2, 0.25) is 0 Å². The van der Waals surface area contributed by atoms with Crippen LogP contribution in [0.3, 0.4) is 0 Å². The zero-order valence-corrected chi connectivity index (χ0v) is 16.9. The van der Waals surface area contributed by atoms with Crippen LogP contribution in [0.4, 0.5) is 5.69 Å². The van der Waals surface area contributed by atoms with Crippen molar-refractivity contribution in [2.45, 2.75) is 20.4 Å². The molecular formula is C22H22N4O3. The number of nitrogens with zero attached hydrogens (tertiary/aromatic N) is 4. The second-order valence-electron chi connectivity index (χ2n) is 7.76. The highest BCUT2D eigenvalue weighted by atomic mass is 16.5. The normalized spacial score (nSPS) is 14.8. The molecule has 7 heteroatoms. The number of ether oxygens (including phenoxy) is 1. The zero-order valence-electron chi connectivity index (χ0n) is 16.9. The standard InChI is InChI=1S/C22H22N4O3/c1-5-29-22(28)17-12(2)23-26-20(17)16-9-13-10-24(3)11-25(4)19(13)14-7-6-8-15(18(14)16)21(26)27/h6-9H,5,10-11H2,1-4H3. The Hall–Kier alpha value is -3.19.